The molecule has 0 aromatic carbocycles. The maximum Gasteiger partial charge on any atom is 0.309 e. The molecular formula is C20H30O5. The summed E-state index contributed by atoms with van der Waals surface area (Å²) in [7, 11) is 0. The molecule has 0 aromatic heterocycles. The predicted octanol–water partition coefficient (Wildman–Crippen LogP) is 1.95. The molecule has 4 saturated carbocycles. The monoisotopic (exact) mass is 350 g/mol. The van der Waals surface area contributed by atoms with Gasteiger partial charge >= 0.3 is 5.97 Å². The Morgan fingerprint density at radius 3 is 2.48 bits per heavy atom. The summed E-state index contributed by atoms with van der Waals surface area (Å²) in [6.45, 7) is 7.91. The normalized spacial score (nSPS) is 57.7. The van der Waals surface area contributed by atoms with Gasteiger partial charge in [-0.05, 0) is 56.3 Å². The van der Waals surface area contributed by atoms with E-state index in [2.05, 4.69) is 6.58 Å². The van der Waals surface area contributed by atoms with Crippen LogP contribution in [0, 0.1) is 34.0 Å². The van der Waals surface area contributed by atoms with Crippen molar-refractivity contribution in [3.05, 3.63) is 12.2 Å². The molecule has 0 unspecified atom stereocenters. The van der Waals surface area contributed by atoms with E-state index in [-0.39, 0.29) is 11.8 Å². The molecule has 4 N–H and O–H groups in total. The van der Waals surface area contributed by atoms with Crippen LogP contribution in [0.1, 0.15) is 52.4 Å². The van der Waals surface area contributed by atoms with Gasteiger partial charge < -0.3 is 20.4 Å². The number of hydrogen-bond donors (Lipinski definition) is 4. The number of carboxylic acid groups (broad SMARTS) is 1. The van der Waals surface area contributed by atoms with Crippen LogP contribution in [0.25, 0.3) is 0 Å². The van der Waals surface area contributed by atoms with Crippen molar-refractivity contribution in [2.24, 2.45) is 34.0 Å². The lowest BCUT2D eigenvalue weighted by Gasteiger charge is -2.67. The van der Waals surface area contributed by atoms with E-state index in [0.29, 0.717) is 19.3 Å². The highest BCUT2D eigenvalue weighted by atomic mass is 16.4. The van der Waals surface area contributed by atoms with Gasteiger partial charge in [-0.15, -0.1) is 0 Å². The topological polar surface area (TPSA) is 98.0 Å². The summed E-state index contributed by atoms with van der Waals surface area (Å²) < 4.78 is 0. The zero-order chi connectivity index (χ0) is 18.4. The molecule has 5 heteroatoms. The molecule has 0 aromatic rings. The molecule has 4 fully saturated rings. The fraction of sp³-hybridized carbons (Fsp3) is 0.850. The lowest BCUT2D eigenvalue weighted by Crippen LogP contribution is -2.71. The summed E-state index contributed by atoms with van der Waals surface area (Å²) in [6.07, 6.45) is 1.39. The van der Waals surface area contributed by atoms with Gasteiger partial charge in [0.1, 0.15) is 0 Å². The fourth-order valence-corrected chi connectivity index (χ4v) is 7.80. The quantitative estimate of drug-likeness (QED) is 0.542. The average molecular weight is 350 g/mol. The smallest absolute Gasteiger partial charge is 0.309 e. The van der Waals surface area contributed by atoms with E-state index in [1.54, 1.807) is 6.92 Å². The van der Waals surface area contributed by atoms with E-state index >= 15 is 0 Å². The summed E-state index contributed by atoms with van der Waals surface area (Å²) in [5.41, 5.74) is -1.09. The predicted molar refractivity (Wildman–Crippen MR) is 91.6 cm³/mol. The maximum absolute atomic E-state index is 12.1. The molecule has 0 aliphatic heterocycles. The molecular weight excluding hydrogens is 320 g/mol. The summed E-state index contributed by atoms with van der Waals surface area (Å²) >= 11 is 0. The molecule has 2 bridgehead atoms. The Morgan fingerprint density at radius 2 is 1.84 bits per heavy atom. The van der Waals surface area contributed by atoms with Gasteiger partial charge in [-0.1, -0.05) is 25.5 Å². The first-order valence-electron chi connectivity index (χ1n) is 9.53. The van der Waals surface area contributed by atoms with Gasteiger partial charge in [0.15, 0.2) is 0 Å². The first-order chi connectivity index (χ1) is 11.6. The minimum atomic E-state index is -1.08. The highest BCUT2D eigenvalue weighted by Crippen LogP contribution is 2.72. The molecule has 0 radical (unpaired) electrons. The summed E-state index contributed by atoms with van der Waals surface area (Å²) in [6, 6.07) is 0. The third-order valence-corrected chi connectivity index (χ3v) is 8.55. The van der Waals surface area contributed by atoms with Gasteiger partial charge in [0.05, 0.1) is 23.7 Å². The number of aliphatic hydroxyl groups excluding tert-OH is 3. The van der Waals surface area contributed by atoms with Crippen molar-refractivity contribution in [3.8, 4) is 0 Å². The van der Waals surface area contributed by atoms with E-state index in [4.69, 9.17) is 0 Å². The van der Waals surface area contributed by atoms with E-state index in [9.17, 15) is 25.2 Å². The van der Waals surface area contributed by atoms with Gasteiger partial charge in [0.25, 0.3) is 0 Å². The van der Waals surface area contributed by atoms with Crippen molar-refractivity contribution in [3.63, 3.8) is 0 Å². The number of aliphatic carboxylic acids is 1. The van der Waals surface area contributed by atoms with Crippen LogP contribution in [-0.2, 0) is 4.79 Å². The second-order valence-electron chi connectivity index (χ2n) is 9.75. The molecule has 140 valence electrons. The van der Waals surface area contributed by atoms with Crippen LogP contribution in [0.15, 0.2) is 12.2 Å². The van der Waals surface area contributed by atoms with Crippen LogP contribution in [0.3, 0.4) is 0 Å². The fourth-order valence-electron chi connectivity index (χ4n) is 7.80. The zero-order valence-corrected chi connectivity index (χ0v) is 15.1. The van der Waals surface area contributed by atoms with Gasteiger partial charge in [-0.25, -0.2) is 0 Å². The van der Waals surface area contributed by atoms with Crippen molar-refractivity contribution in [1.29, 1.82) is 0 Å². The Labute approximate surface area is 148 Å². The third kappa shape index (κ3) is 1.92. The van der Waals surface area contributed by atoms with E-state index in [1.165, 1.54) is 0 Å². The number of aliphatic hydroxyl groups is 3. The lowest BCUT2D eigenvalue weighted by atomic mass is 9.39. The van der Waals surface area contributed by atoms with Gasteiger partial charge in [-0.3, -0.25) is 4.79 Å². The summed E-state index contributed by atoms with van der Waals surface area (Å²) in [5.74, 6) is -1.47. The molecule has 0 amide bonds. The summed E-state index contributed by atoms with van der Waals surface area (Å²) in [4.78, 5) is 12.1. The van der Waals surface area contributed by atoms with E-state index < -0.39 is 46.4 Å². The van der Waals surface area contributed by atoms with Gasteiger partial charge in [0.2, 0.25) is 0 Å². The van der Waals surface area contributed by atoms with Crippen LogP contribution in [0.2, 0.25) is 0 Å². The van der Waals surface area contributed by atoms with Gasteiger partial charge in [-0.2, -0.15) is 0 Å². The number of allylic oxidation sites excluding steroid dienone is 1. The van der Waals surface area contributed by atoms with Crippen LogP contribution in [0.4, 0.5) is 0 Å². The van der Waals surface area contributed by atoms with Crippen LogP contribution >= 0.6 is 0 Å². The Hall–Kier alpha value is -0.910. The van der Waals surface area contributed by atoms with Crippen molar-refractivity contribution < 1.29 is 25.2 Å². The Kier molecular flexibility index (Phi) is 3.56. The van der Waals surface area contributed by atoms with Crippen molar-refractivity contribution in [1.82, 2.24) is 0 Å². The van der Waals surface area contributed by atoms with Crippen LogP contribution in [-0.4, -0.2) is 44.7 Å². The molecule has 4 rings (SSSR count). The van der Waals surface area contributed by atoms with Crippen LogP contribution < -0.4 is 0 Å². The lowest BCUT2D eigenvalue weighted by molar-refractivity contribution is -0.272. The standard InChI is InChI=1S/C20H30O5/c1-10-8-20-9-11(10)7-12(21)14(20)18(2)5-4-6-19(3,17(24)25)15(18)13(22)16(20)23/h11-16,21-23H,1,4-9H2,2-3H3,(H,24,25)/t11-,12-,13+,14+,15+,16+,18+,19-,20+/m1/s1. The molecule has 4 aliphatic carbocycles. The maximum atomic E-state index is 12.1. The minimum absolute atomic E-state index is 0.196. The SMILES string of the molecule is C=C1C[C@]23C[C@H]1C[C@@H](O)[C@H]2[C@]1(C)CCC[C@@](C)(C(=O)O)[C@H]1[C@H](O)[C@@H]3O. The van der Waals surface area contributed by atoms with E-state index in [0.717, 1.165) is 24.8 Å². The van der Waals surface area contributed by atoms with E-state index in [1.807, 2.05) is 6.92 Å². The Bertz CT molecular complexity index is 632. The minimum Gasteiger partial charge on any atom is -0.481 e. The number of fused-ring (bicyclic) bond motifs is 3. The Balaban J connectivity index is 1.89. The molecule has 4 aliphatic rings. The molecule has 5 nitrogen and oxygen atoms in total. The molecule has 25 heavy (non-hydrogen) atoms. The number of carbonyl (C=O) groups is 1. The second-order valence-corrected chi connectivity index (χ2v) is 9.75. The number of rotatable bonds is 1. The average Bonchev–Trinajstić information content (AvgIpc) is 2.76. The molecule has 0 heterocycles. The van der Waals surface area contributed by atoms with Crippen molar-refractivity contribution >= 4 is 5.97 Å². The first kappa shape index (κ1) is 17.5. The largest absolute Gasteiger partial charge is 0.481 e. The first-order valence-corrected chi connectivity index (χ1v) is 9.53. The van der Waals surface area contributed by atoms with Crippen LogP contribution in [0.5, 0.6) is 0 Å². The summed E-state index contributed by atoms with van der Waals surface area (Å²) in [5, 5.41) is 43.2. The molecule has 9 atom stereocenters. The van der Waals surface area contributed by atoms with Crippen molar-refractivity contribution in [2.45, 2.75) is 70.7 Å². The highest BCUT2D eigenvalue weighted by Gasteiger charge is 2.73. The molecule has 1 spiro atoms. The Morgan fingerprint density at radius 1 is 1.16 bits per heavy atom. The van der Waals surface area contributed by atoms with Gasteiger partial charge in [0, 0.05) is 11.3 Å². The zero-order valence-electron chi connectivity index (χ0n) is 15.1. The number of hydrogen-bond acceptors (Lipinski definition) is 4. The second kappa shape index (κ2) is 5.08. The van der Waals surface area contributed by atoms with Crippen molar-refractivity contribution in [2.75, 3.05) is 0 Å². The molecule has 0 saturated heterocycles. The third-order valence-electron chi connectivity index (χ3n) is 8.55. The number of carboxylic acids is 1. The highest BCUT2D eigenvalue weighted by molar-refractivity contribution is 5.75.